The molecule has 23 heavy (non-hydrogen) atoms. The molecule has 1 heterocycles. The molecule has 2 N–H and O–H groups in total. The highest BCUT2D eigenvalue weighted by Gasteiger charge is 2.20. The van der Waals surface area contributed by atoms with Crippen molar-refractivity contribution in [2.24, 2.45) is 0 Å². The summed E-state index contributed by atoms with van der Waals surface area (Å²) in [5.41, 5.74) is 1.77. The van der Waals surface area contributed by atoms with Gasteiger partial charge in [0.05, 0.1) is 11.7 Å². The molecule has 0 aliphatic heterocycles. The molecule has 1 aromatic heterocycles. The van der Waals surface area contributed by atoms with Crippen molar-refractivity contribution in [1.29, 1.82) is 0 Å². The summed E-state index contributed by atoms with van der Waals surface area (Å²) in [5, 5.41) is 16.2. The Bertz CT molecular complexity index is 606. The van der Waals surface area contributed by atoms with Gasteiger partial charge in [-0.05, 0) is 24.8 Å². The molecule has 2 rings (SSSR count). The minimum absolute atomic E-state index is 0.00472. The van der Waals surface area contributed by atoms with Gasteiger partial charge >= 0.3 is 0 Å². The van der Waals surface area contributed by atoms with Crippen LogP contribution in [0, 0.1) is 0 Å². The Hall–Kier alpha value is -2.14. The van der Waals surface area contributed by atoms with Crippen molar-refractivity contribution in [3.63, 3.8) is 0 Å². The van der Waals surface area contributed by atoms with Crippen molar-refractivity contribution in [3.8, 4) is 0 Å². The Labute approximate surface area is 136 Å². The van der Waals surface area contributed by atoms with Crippen molar-refractivity contribution in [1.82, 2.24) is 10.5 Å². The highest BCUT2D eigenvalue weighted by molar-refractivity contribution is 5.91. The molecule has 0 saturated carbocycles. The Morgan fingerprint density at radius 3 is 2.57 bits per heavy atom. The van der Waals surface area contributed by atoms with Crippen LogP contribution in [0.25, 0.3) is 0 Å². The second kappa shape index (κ2) is 8.48. The van der Waals surface area contributed by atoms with Gasteiger partial charge in [-0.1, -0.05) is 49.3 Å². The molecule has 2 aromatic rings. The van der Waals surface area contributed by atoms with Gasteiger partial charge < -0.3 is 14.9 Å². The van der Waals surface area contributed by atoms with Crippen LogP contribution in [0.4, 0.5) is 0 Å². The number of aliphatic hydroxyl groups excluding tert-OH is 1. The van der Waals surface area contributed by atoms with E-state index in [2.05, 4.69) is 24.3 Å². The van der Waals surface area contributed by atoms with E-state index in [1.54, 1.807) is 6.07 Å². The van der Waals surface area contributed by atoms with Crippen LogP contribution in [0.15, 0.2) is 40.9 Å². The van der Waals surface area contributed by atoms with Gasteiger partial charge in [-0.3, -0.25) is 4.79 Å². The zero-order valence-corrected chi connectivity index (χ0v) is 13.7. The van der Waals surface area contributed by atoms with Gasteiger partial charge in [-0.15, -0.1) is 0 Å². The third-order valence-corrected chi connectivity index (χ3v) is 4.08. The number of nitrogens with one attached hydrogen (secondary N) is 1. The van der Waals surface area contributed by atoms with Gasteiger partial charge in [0.2, 0.25) is 5.76 Å². The zero-order valence-electron chi connectivity index (χ0n) is 13.7. The first-order valence-electron chi connectivity index (χ1n) is 8.12. The van der Waals surface area contributed by atoms with Gasteiger partial charge in [0.1, 0.15) is 0 Å². The first kappa shape index (κ1) is 17.2. The molecule has 0 bridgehead atoms. The number of benzene rings is 1. The molecule has 0 aliphatic rings. The molecule has 0 radical (unpaired) electrons. The van der Waals surface area contributed by atoms with E-state index in [1.807, 2.05) is 30.3 Å². The molecule has 1 amide bonds. The summed E-state index contributed by atoms with van der Waals surface area (Å²) in [7, 11) is 0. The molecule has 0 saturated heterocycles. The standard InChI is InChI=1S/C18H24N2O3/c1-3-13(4-2)16-12-17(23-20-16)18(22)19-15(10-11-21)14-8-6-5-7-9-14/h5-9,12-13,15,21H,3-4,10-11H2,1-2H3,(H,19,22). The number of carbonyl (C=O) groups excluding carboxylic acids is 1. The van der Waals surface area contributed by atoms with Gasteiger partial charge in [-0.2, -0.15) is 0 Å². The summed E-state index contributed by atoms with van der Waals surface area (Å²) >= 11 is 0. The predicted octanol–water partition coefficient (Wildman–Crippen LogP) is 3.43. The lowest BCUT2D eigenvalue weighted by molar-refractivity contribution is 0.0892. The quantitative estimate of drug-likeness (QED) is 0.782. The SMILES string of the molecule is CCC(CC)c1cc(C(=O)NC(CCO)c2ccccc2)on1. The van der Waals surface area contributed by atoms with Crippen molar-refractivity contribution in [2.75, 3.05) is 6.61 Å². The maximum Gasteiger partial charge on any atom is 0.290 e. The molecule has 5 nitrogen and oxygen atoms in total. The first-order chi connectivity index (χ1) is 11.2. The van der Waals surface area contributed by atoms with Gasteiger partial charge in [0, 0.05) is 18.6 Å². The van der Waals surface area contributed by atoms with Crippen LogP contribution in [0.5, 0.6) is 0 Å². The fourth-order valence-electron chi connectivity index (χ4n) is 2.66. The van der Waals surface area contributed by atoms with E-state index in [0.29, 0.717) is 12.3 Å². The number of carbonyl (C=O) groups is 1. The fourth-order valence-corrected chi connectivity index (χ4v) is 2.66. The van der Waals surface area contributed by atoms with Crippen LogP contribution < -0.4 is 5.32 Å². The van der Waals surface area contributed by atoms with Gasteiger partial charge in [0.15, 0.2) is 0 Å². The Balaban J connectivity index is 2.10. The van der Waals surface area contributed by atoms with E-state index in [-0.39, 0.29) is 24.3 Å². The largest absolute Gasteiger partial charge is 0.396 e. The molecule has 5 heteroatoms. The van der Waals surface area contributed by atoms with Gasteiger partial charge in [0.25, 0.3) is 5.91 Å². The molecule has 124 valence electrons. The minimum atomic E-state index is -0.308. The molecule has 0 spiro atoms. The average molecular weight is 316 g/mol. The number of hydrogen-bond donors (Lipinski definition) is 2. The summed E-state index contributed by atoms with van der Waals surface area (Å²) in [6.07, 6.45) is 2.37. The molecule has 1 atom stereocenters. The Morgan fingerprint density at radius 1 is 1.26 bits per heavy atom. The lowest BCUT2D eigenvalue weighted by Gasteiger charge is -2.17. The zero-order chi connectivity index (χ0) is 16.7. The normalized spacial score (nSPS) is 12.3. The molecule has 0 aliphatic carbocycles. The Morgan fingerprint density at radius 2 is 1.96 bits per heavy atom. The number of nitrogens with zero attached hydrogens (tertiary/aromatic N) is 1. The van der Waals surface area contributed by atoms with Crippen LogP contribution in [0.2, 0.25) is 0 Å². The van der Waals surface area contributed by atoms with Crippen molar-refractivity contribution in [3.05, 3.63) is 53.4 Å². The van der Waals surface area contributed by atoms with E-state index >= 15 is 0 Å². The summed E-state index contributed by atoms with van der Waals surface area (Å²) < 4.78 is 5.20. The minimum Gasteiger partial charge on any atom is -0.396 e. The van der Waals surface area contributed by atoms with E-state index in [9.17, 15) is 9.90 Å². The maximum atomic E-state index is 12.4. The lowest BCUT2D eigenvalue weighted by Crippen LogP contribution is -2.29. The van der Waals surface area contributed by atoms with Crippen molar-refractivity contribution in [2.45, 2.75) is 45.1 Å². The summed E-state index contributed by atoms with van der Waals surface area (Å²) in [6.45, 7) is 4.18. The topological polar surface area (TPSA) is 75.4 Å². The number of hydrogen-bond acceptors (Lipinski definition) is 4. The lowest BCUT2D eigenvalue weighted by atomic mass is 9.99. The number of aromatic nitrogens is 1. The van der Waals surface area contributed by atoms with E-state index in [4.69, 9.17) is 4.52 Å². The fraction of sp³-hybridized carbons (Fsp3) is 0.444. The summed E-state index contributed by atoms with van der Waals surface area (Å²) in [5.74, 6) is 0.213. The average Bonchev–Trinajstić information content (AvgIpc) is 3.06. The van der Waals surface area contributed by atoms with Crippen LogP contribution in [-0.2, 0) is 0 Å². The highest BCUT2D eigenvalue weighted by atomic mass is 16.5. The number of rotatable bonds is 8. The summed E-state index contributed by atoms with van der Waals surface area (Å²) in [6, 6.07) is 11.0. The number of amides is 1. The molecular weight excluding hydrogens is 292 g/mol. The summed E-state index contributed by atoms with van der Waals surface area (Å²) in [4.78, 5) is 12.4. The second-order valence-corrected chi connectivity index (χ2v) is 5.58. The molecule has 1 aromatic carbocycles. The van der Waals surface area contributed by atoms with Crippen molar-refractivity contribution < 1.29 is 14.4 Å². The smallest absolute Gasteiger partial charge is 0.290 e. The third kappa shape index (κ3) is 4.42. The molecule has 0 fully saturated rings. The second-order valence-electron chi connectivity index (χ2n) is 5.58. The first-order valence-corrected chi connectivity index (χ1v) is 8.12. The Kier molecular flexibility index (Phi) is 6.35. The molecule has 1 unspecified atom stereocenters. The van der Waals surface area contributed by atoms with E-state index in [1.165, 1.54) is 0 Å². The third-order valence-electron chi connectivity index (χ3n) is 4.08. The van der Waals surface area contributed by atoms with Crippen molar-refractivity contribution >= 4 is 5.91 Å². The van der Waals surface area contributed by atoms with Crippen LogP contribution in [0.3, 0.4) is 0 Å². The van der Waals surface area contributed by atoms with Crippen LogP contribution in [0.1, 0.15) is 66.9 Å². The highest BCUT2D eigenvalue weighted by Crippen LogP contribution is 2.23. The monoisotopic (exact) mass is 316 g/mol. The maximum absolute atomic E-state index is 12.4. The predicted molar refractivity (Wildman–Crippen MR) is 88.2 cm³/mol. The van der Waals surface area contributed by atoms with E-state index in [0.717, 1.165) is 24.1 Å². The van der Waals surface area contributed by atoms with Gasteiger partial charge in [-0.25, -0.2) is 0 Å². The molecular formula is C18H24N2O3. The van der Waals surface area contributed by atoms with Crippen LogP contribution in [-0.4, -0.2) is 22.8 Å². The number of aliphatic hydroxyl groups is 1. The van der Waals surface area contributed by atoms with Crippen LogP contribution >= 0.6 is 0 Å². The van der Waals surface area contributed by atoms with E-state index < -0.39 is 0 Å².